The lowest BCUT2D eigenvalue weighted by Gasteiger charge is -2.12. The number of hydrogen-bond donors (Lipinski definition) is 2. The highest BCUT2D eigenvalue weighted by Gasteiger charge is 2.18. The fourth-order valence-corrected chi connectivity index (χ4v) is 2.87. The van der Waals surface area contributed by atoms with Crippen LogP contribution in [0, 0.1) is 20.8 Å². The molecule has 2 rings (SSSR count). The van der Waals surface area contributed by atoms with E-state index in [1.165, 1.54) is 17.4 Å². The quantitative estimate of drug-likeness (QED) is 0.910. The van der Waals surface area contributed by atoms with Gasteiger partial charge in [0.2, 0.25) is 0 Å². The zero-order valence-electron chi connectivity index (χ0n) is 12.1. The number of carbonyl (C=O) groups is 2. The van der Waals surface area contributed by atoms with Crippen LogP contribution in [0.5, 0.6) is 0 Å². The number of benzene rings is 1. The van der Waals surface area contributed by atoms with Crippen molar-refractivity contribution in [2.24, 2.45) is 0 Å². The smallest absolute Gasteiger partial charge is 0.335 e. The zero-order valence-corrected chi connectivity index (χ0v) is 12.9. The predicted molar refractivity (Wildman–Crippen MR) is 80.9 cm³/mol. The molecule has 0 saturated carbocycles. The number of hydrogen-bond acceptors (Lipinski definition) is 4. The van der Waals surface area contributed by atoms with Crippen molar-refractivity contribution in [1.29, 1.82) is 0 Å². The summed E-state index contributed by atoms with van der Waals surface area (Å²) in [7, 11) is 0. The Kier molecular flexibility index (Phi) is 4.37. The van der Waals surface area contributed by atoms with Crippen molar-refractivity contribution >= 4 is 23.2 Å². The number of nitrogens with one attached hydrogen (secondary N) is 1. The number of aromatic nitrogens is 1. The van der Waals surface area contributed by atoms with Crippen LogP contribution >= 0.6 is 11.3 Å². The van der Waals surface area contributed by atoms with Crippen molar-refractivity contribution in [1.82, 2.24) is 10.3 Å². The molecule has 0 unspecified atom stereocenters. The van der Waals surface area contributed by atoms with Gasteiger partial charge in [0.25, 0.3) is 5.91 Å². The second-order valence-corrected chi connectivity index (χ2v) is 5.74. The highest BCUT2D eigenvalue weighted by Crippen LogP contribution is 2.19. The Balaban J connectivity index is 2.22. The van der Waals surface area contributed by atoms with Gasteiger partial charge in [-0.1, -0.05) is 6.07 Å². The third kappa shape index (κ3) is 3.28. The van der Waals surface area contributed by atoms with Gasteiger partial charge in [-0.25, -0.2) is 9.78 Å². The standard InChI is InChI=1S/C15H16N2O3S/c1-8-4-5-11(15(19)20)10(3)13(8)14(18)16-6-12-17-9(2)7-21-12/h4-5,7H,6H2,1-3H3,(H,16,18)(H,19,20). The van der Waals surface area contributed by atoms with Crippen LogP contribution in [-0.4, -0.2) is 22.0 Å². The predicted octanol–water partition coefficient (Wildman–Crippen LogP) is 2.70. The average molecular weight is 304 g/mol. The third-order valence-corrected chi connectivity index (χ3v) is 4.16. The molecule has 2 aromatic rings. The number of carboxylic acids is 1. The van der Waals surface area contributed by atoms with Crippen molar-refractivity contribution in [3.05, 3.63) is 50.5 Å². The number of aromatic carboxylic acids is 1. The van der Waals surface area contributed by atoms with Gasteiger partial charge in [-0.15, -0.1) is 11.3 Å². The van der Waals surface area contributed by atoms with Gasteiger partial charge in [0.15, 0.2) is 0 Å². The summed E-state index contributed by atoms with van der Waals surface area (Å²) in [4.78, 5) is 27.7. The number of carboxylic acid groups (broad SMARTS) is 1. The van der Waals surface area contributed by atoms with Crippen molar-refractivity contribution in [2.75, 3.05) is 0 Å². The molecular weight excluding hydrogens is 288 g/mol. The second-order valence-electron chi connectivity index (χ2n) is 4.80. The van der Waals surface area contributed by atoms with E-state index in [-0.39, 0.29) is 11.5 Å². The minimum Gasteiger partial charge on any atom is -0.478 e. The summed E-state index contributed by atoms with van der Waals surface area (Å²) in [5, 5.41) is 14.7. The van der Waals surface area contributed by atoms with Crippen LogP contribution in [0.2, 0.25) is 0 Å². The number of nitrogens with zero attached hydrogens (tertiary/aromatic N) is 1. The van der Waals surface area contributed by atoms with E-state index in [0.29, 0.717) is 17.7 Å². The Morgan fingerprint density at radius 1 is 1.29 bits per heavy atom. The van der Waals surface area contributed by atoms with E-state index in [4.69, 9.17) is 5.11 Å². The van der Waals surface area contributed by atoms with Crippen LogP contribution in [0.4, 0.5) is 0 Å². The zero-order chi connectivity index (χ0) is 15.6. The van der Waals surface area contributed by atoms with E-state index in [2.05, 4.69) is 10.3 Å². The van der Waals surface area contributed by atoms with Gasteiger partial charge >= 0.3 is 5.97 Å². The SMILES string of the molecule is Cc1csc(CNC(=O)c2c(C)ccc(C(=O)O)c2C)n1. The van der Waals surface area contributed by atoms with E-state index >= 15 is 0 Å². The maximum absolute atomic E-state index is 12.3. The number of aryl methyl sites for hydroxylation is 2. The lowest BCUT2D eigenvalue weighted by Crippen LogP contribution is -2.25. The van der Waals surface area contributed by atoms with Gasteiger partial charge in [-0.3, -0.25) is 4.79 Å². The number of amides is 1. The van der Waals surface area contributed by atoms with Crippen molar-refractivity contribution in [2.45, 2.75) is 27.3 Å². The number of carbonyl (C=O) groups excluding carboxylic acids is 1. The van der Waals surface area contributed by atoms with Crippen LogP contribution in [0.3, 0.4) is 0 Å². The maximum Gasteiger partial charge on any atom is 0.335 e. The van der Waals surface area contributed by atoms with E-state index in [9.17, 15) is 9.59 Å². The summed E-state index contributed by atoms with van der Waals surface area (Å²) in [6.07, 6.45) is 0. The third-order valence-electron chi connectivity index (χ3n) is 3.20. The first-order chi connectivity index (χ1) is 9.90. The first kappa shape index (κ1) is 15.2. The first-order valence-electron chi connectivity index (χ1n) is 6.43. The van der Waals surface area contributed by atoms with Gasteiger partial charge in [0, 0.05) is 16.6 Å². The fourth-order valence-electron chi connectivity index (χ4n) is 2.16. The molecule has 0 aliphatic rings. The molecule has 6 heteroatoms. The normalized spacial score (nSPS) is 10.4. The molecule has 0 spiro atoms. The topological polar surface area (TPSA) is 79.3 Å². The lowest BCUT2D eigenvalue weighted by molar-refractivity contribution is 0.0696. The molecule has 0 atom stereocenters. The van der Waals surface area contributed by atoms with Crippen LogP contribution < -0.4 is 5.32 Å². The lowest BCUT2D eigenvalue weighted by atomic mass is 9.97. The van der Waals surface area contributed by atoms with Gasteiger partial charge in [-0.2, -0.15) is 0 Å². The molecule has 2 N–H and O–H groups in total. The molecule has 21 heavy (non-hydrogen) atoms. The molecule has 1 aromatic carbocycles. The summed E-state index contributed by atoms with van der Waals surface area (Å²) < 4.78 is 0. The van der Waals surface area contributed by atoms with Crippen LogP contribution in [-0.2, 0) is 6.54 Å². The fraction of sp³-hybridized carbons (Fsp3) is 0.267. The number of thiazole rings is 1. The van der Waals surface area contributed by atoms with E-state index < -0.39 is 5.97 Å². The summed E-state index contributed by atoms with van der Waals surface area (Å²) in [6, 6.07) is 3.17. The molecule has 0 radical (unpaired) electrons. The Morgan fingerprint density at radius 2 is 2.00 bits per heavy atom. The Morgan fingerprint density at radius 3 is 2.57 bits per heavy atom. The molecule has 0 aliphatic heterocycles. The molecule has 0 fully saturated rings. The van der Waals surface area contributed by atoms with Crippen LogP contribution in [0.1, 0.15) is 42.5 Å². The minimum atomic E-state index is -1.03. The van der Waals surface area contributed by atoms with E-state index in [1.807, 2.05) is 12.3 Å². The largest absolute Gasteiger partial charge is 0.478 e. The Bertz CT molecular complexity index is 707. The summed E-state index contributed by atoms with van der Waals surface area (Å²) in [5.41, 5.74) is 2.73. The maximum atomic E-state index is 12.3. The van der Waals surface area contributed by atoms with Gasteiger partial charge in [-0.05, 0) is 38.0 Å². The van der Waals surface area contributed by atoms with Gasteiger partial charge in [0.05, 0.1) is 12.1 Å². The van der Waals surface area contributed by atoms with Crippen molar-refractivity contribution < 1.29 is 14.7 Å². The highest BCUT2D eigenvalue weighted by atomic mass is 32.1. The summed E-state index contributed by atoms with van der Waals surface area (Å²) in [5.74, 6) is -1.31. The monoisotopic (exact) mass is 304 g/mol. The molecule has 110 valence electrons. The number of rotatable bonds is 4. The molecular formula is C15H16N2O3S. The molecule has 0 aliphatic carbocycles. The van der Waals surface area contributed by atoms with Gasteiger partial charge in [0.1, 0.15) is 5.01 Å². The first-order valence-corrected chi connectivity index (χ1v) is 7.31. The second kappa shape index (κ2) is 6.05. The van der Waals surface area contributed by atoms with E-state index in [0.717, 1.165) is 16.3 Å². The molecule has 0 saturated heterocycles. The molecule has 5 nitrogen and oxygen atoms in total. The molecule has 0 bridgehead atoms. The van der Waals surface area contributed by atoms with Crippen LogP contribution in [0.15, 0.2) is 17.5 Å². The summed E-state index contributed by atoms with van der Waals surface area (Å²) in [6.45, 7) is 5.68. The van der Waals surface area contributed by atoms with Crippen molar-refractivity contribution in [3.8, 4) is 0 Å². The summed E-state index contributed by atoms with van der Waals surface area (Å²) >= 11 is 1.48. The molecule has 1 amide bonds. The average Bonchev–Trinajstić information content (AvgIpc) is 2.82. The van der Waals surface area contributed by atoms with E-state index in [1.54, 1.807) is 19.9 Å². The van der Waals surface area contributed by atoms with Crippen molar-refractivity contribution in [3.63, 3.8) is 0 Å². The minimum absolute atomic E-state index is 0.149. The highest BCUT2D eigenvalue weighted by molar-refractivity contribution is 7.09. The Hall–Kier alpha value is -2.21. The molecule has 1 heterocycles. The van der Waals surface area contributed by atoms with Crippen LogP contribution in [0.25, 0.3) is 0 Å². The Labute approximate surface area is 126 Å². The van der Waals surface area contributed by atoms with Gasteiger partial charge < -0.3 is 10.4 Å². The molecule has 1 aromatic heterocycles.